The lowest BCUT2D eigenvalue weighted by molar-refractivity contribution is 0.761. The first-order valence-electron chi connectivity index (χ1n) is 8.13. The van der Waals surface area contributed by atoms with Gasteiger partial charge in [0.05, 0.1) is 6.20 Å². The molecule has 0 radical (unpaired) electrons. The van der Waals surface area contributed by atoms with Crippen molar-refractivity contribution in [2.24, 2.45) is 5.73 Å². The lowest BCUT2D eigenvalue weighted by Crippen LogP contribution is -2.02. The summed E-state index contributed by atoms with van der Waals surface area (Å²) in [5.74, 6) is 1.95. The van der Waals surface area contributed by atoms with Crippen molar-refractivity contribution in [2.45, 2.75) is 39.3 Å². The van der Waals surface area contributed by atoms with Crippen molar-refractivity contribution in [3.05, 3.63) is 59.8 Å². The van der Waals surface area contributed by atoms with E-state index in [9.17, 15) is 0 Å². The van der Waals surface area contributed by atoms with Gasteiger partial charge < -0.3 is 15.3 Å². The summed E-state index contributed by atoms with van der Waals surface area (Å²) in [7, 11) is 0. The molecule has 1 aromatic carbocycles. The van der Waals surface area contributed by atoms with Crippen LogP contribution in [0.25, 0.3) is 11.5 Å². The molecule has 0 fully saturated rings. The molecule has 3 rings (SSSR count). The lowest BCUT2D eigenvalue weighted by atomic mass is 10.1. The highest BCUT2D eigenvalue weighted by molar-refractivity contribution is 5.49. The van der Waals surface area contributed by atoms with Gasteiger partial charge in [0.1, 0.15) is 11.5 Å². The van der Waals surface area contributed by atoms with E-state index in [0.29, 0.717) is 6.54 Å². The van der Waals surface area contributed by atoms with Gasteiger partial charge in [0.25, 0.3) is 0 Å². The average Bonchev–Trinajstić information content (AvgIpc) is 3.22. The standard InChI is InChI=1S/C18H23N5/c1-2-3-4-17-21-12-16(22-17)18-20-9-10-23(18)13-15-7-5-14(11-19)6-8-15/h5-10,12H,2-4,11,13,19H2,1H3,(H,21,22). The van der Waals surface area contributed by atoms with Gasteiger partial charge in [0.2, 0.25) is 0 Å². The van der Waals surface area contributed by atoms with Crippen LogP contribution in [0.1, 0.15) is 36.7 Å². The maximum atomic E-state index is 5.65. The molecule has 0 unspecified atom stereocenters. The topological polar surface area (TPSA) is 72.5 Å². The second kappa shape index (κ2) is 7.24. The number of aryl methyl sites for hydroxylation is 1. The Bertz CT molecular complexity index is 739. The fourth-order valence-electron chi connectivity index (χ4n) is 2.61. The third kappa shape index (κ3) is 3.68. The van der Waals surface area contributed by atoms with Crippen LogP contribution in [0.2, 0.25) is 0 Å². The van der Waals surface area contributed by atoms with Crippen molar-refractivity contribution in [2.75, 3.05) is 0 Å². The van der Waals surface area contributed by atoms with Gasteiger partial charge in [-0.15, -0.1) is 0 Å². The van der Waals surface area contributed by atoms with Crippen LogP contribution in [0.5, 0.6) is 0 Å². The Kier molecular flexibility index (Phi) is 4.88. The largest absolute Gasteiger partial charge is 0.339 e. The van der Waals surface area contributed by atoms with E-state index >= 15 is 0 Å². The van der Waals surface area contributed by atoms with Crippen molar-refractivity contribution in [1.29, 1.82) is 0 Å². The number of rotatable bonds is 7. The number of nitrogens with one attached hydrogen (secondary N) is 1. The van der Waals surface area contributed by atoms with Crippen LogP contribution in [0.4, 0.5) is 0 Å². The van der Waals surface area contributed by atoms with E-state index in [2.05, 4.69) is 50.7 Å². The Morgan fingerprint density at radius 2 is 1.91 bits per heavy atom. The summed E-state index contributed by atoms with van der Waals surface area (Å²) in [6.07, 6.45) is 9.01. The molecule has 0 spiro atoms. The summed E-state index contributed by atoms with van der Waals surface area (Å²) in [6, 6.07) is 8.38. The Morgan fingerprint density at radius 3 is 2.65 bits per heavy atom. The first-order valence-corrected chi connectivity index (χ1v) is 8.13. The van der Waals surface area contributed by atoms with E-state index in [0.717, 1.165) is 42.3 Å². The molecule has 23 heavy (non-hydrogen) atoms. The van der Waals surface area contributed by atoms with E-state index in [4.69, 9.17) is 5.73 Å². The molecule has 5 nitrogen and oxygen atoms in total. The summed E-state index contributed by atoms with van der Waals surface area (Å²) in [6.45, 7) is 3.54. The fraction of sp³-hybridized carbons (Fsp3) is 0.333. The number of H-pyrrole nitrogens is 1. The second-order valence-electron chi connectivity index (χ2n) is 5.75. The Balaban J connectivity index is 1.77. The highest BCUT2D eigenvalue weighted by atomic mass is 15.1. The van der Waals surface area contributed by atoms with Crippen LogP contribution in [0.15, 0.2) is 42.9 Å². The first-order chi connectivity index (χ1) is 11.3. The molecule has 0 aliphatic carbocycles. The molecular formula is C18H23N5. The molecule has 0 saturated heterocycles. The molecule has 120 valence electrons. The smallest absolute Gasteiger partial charge is 0.158 e. The average molecular weight is 309 g/mol. The molecule has 0 saturated carbocycles. The number of hydrogen-bond donors (Lipinski definition) is 2. The number of nitrogens with zero attached hydrogens (tertiary/aromatic N) is 3. The summed E-state index contributed by atoms with van der Waals surface area (Å²) >= 11 is 0. The van der Waals surface area contributed by atoms with E-state index in [1.165, 1.54) is 12.0 Å². The predicted molar refractivity (Wildman–Crippen MR) is 91.9 cm³/mol. The molecule has 0 atom stereocenters. The number of aromatic nitrogens is 4. The number of hydrogen-bond acceptors (Lipinski definition) is 3. The van der Waals surface area contributed by atoms with Crippen LogP contribution in [-0.4, -0.2) is 19.5 Å². The van der Waals surface area contributed by atoms with Crippen molar-refractivity contribution in [3.8, 4) is 11.5 Å². The van der Waals surface area contributed by atoms with Gasteiger partial charge in [-0.05, 0) is 17.5 Å². The minimum absolute atomic E-state index is 0.575. The van der Waals surface area contributed by atoms with Gasteiger partial charge in [-0.1, -0.05) is 37.6 Å². The Hall–Kier alpha value is -2.40. The number of unbranched alkanes of at least 4 members (excludes halogenated alkanes) is 1. The van der Waals surface area contributed by atoms with Crippen molar-refractivity contribution in [3.63, 3.8) is 0 Å². The molecule has 2 aromatic heterocycles. The Morgan fingerprint density at radius 1 is 1.13 bits per heavy atom. The van der Waals surface area contributed by atoms with Crippen LogP contribution in [-0.2, 0) is 19.5 Å². The Labute approximate surface area is 136 Å². The van der Waals surface area contributed by atoms with Gasteiger partial charge in [-0.25, -0.2) is 9.97 Å². The fourth-order valence-corrected chi connectivity index (χ4v) is 2.61. The molecule has 0 aliphatic heterocycles. The summed E-state index contributed by atoms with van der Waals surface area (Å²) in [5, 5.41) is 0. The quantitative estimate of drug-likeness (QED) is 0.704. The second-order valence-corrected chi connectivity index (χ2v) is 5.75. The highest BCUT2D eigenvalue weighted by Crippen LogP contribution is 2.17. The first kappa shape index (κ1) is 15.5. The number of nitrogens with two attached hydrogens (primary N) is 1. The van der Waals surface area contributed by atoms with Crippen LogP contribution in [0, 0.1) is 0 Å². The van der Waals surface area contributed by atoms with Crippen molar-refractivity contribution < 1.29 is 0 Å². The maximum Gasteiger partial charge on any atom is 0.158 e. The van der Waals surface area contributed by atoms with Crippen LogP contribution >= 0.6 is 0 Å². The zero-order valence-corrected chi connectivity index (χ0v) is 13.5. The highest BCUT2D eigenvalue weighted by Gasteiger charge is 2.09. The number of imidazole rings is 2. The molecule has 2 heterocycles. The lowest BCUT2D eigenvalue weighted by Gasteiger charge is -2.07. The molecule has 5 heteroatoms. The van der Waals surface area contributed by atoms with E-state index in [1.54, 1.807) is 0 Å². The van der Waals surface area contributed by atoms with E-state index in [1.807, 2.05) is 18.6 Å². The van der Waals surface area contributed by atoms with E-state index in [-0.39, 0.29) is 0 Å². The molecule has 3 aromatic rings. The predicted octanol–water partition coefficient (Wildman–Crippen LogP) is 3.12. The van der Waals surface area contributed by atoms with Gasteiger partial charge in [-0.2, -0.15) is 0 Å². The monoisotopic (exact) mass is 309 g/mol. The van der Waals surface area contributed by atoms with Gasteiger partial charge in [-0.3, -0.25) is 0 Å². The normalized spacial score (nSPS) is 11.0. The molecule has 0 bridgehead atoms. The zero-order valence-electron chi connectivity index (χ0n) is 13.5. The van der Waals surface area contributed by atoms with Crippen LogP contribution < -0.4 is 5.73 Å². The minimum Gasteiger partial charge on any atom is -0.339 e. The molecular weight excluding hydrogens is 286 g/mol. The summed E-state index contributed by atoms with van der Waals surface area (Å²) < 4.78 is 2.13. The minimum atomic E-state index is 0.575. The molecule has 0 aliphatic rings. The molecule has 0 amide bonds. The maximum absolute atomic E-state index is 5.65. The van der Waals surface area contributed by atoms with E-state index < -0.39 is 0 Å². The van der Waals surface area contributed by atoms with Gasteiger partial charge >= 0.3 is 0 Å². The van der Waals surface area contributed by atoms with Gasteiger partial charge in [0, 0.05) is 31.9 Å². The van der Waals surface area contributed by atoms with Crippen LogP contribution in [0.3, 0.4) is 0 Å². The van der Waals surface area contributed by atoms with Gasteiger partial charge in [0.15, 0.2) is 5.82 Å². The van der Waals surface area contributed by atoms with Crippen molar-refractivity contribution >= 4 is 0 Å². The SMILES string of the molecule is CCCCc1ncc(-c2nccn2Cc2ccc(CN)cc2)[nH]1. The number of benzene rings is 1. The zero-order chi connectivity index (χ0) is 16.1. The third-order valence-electron chi connectivity index (χ3n) is 3.96. The summed E-state index contributed by atoms with van der Waals surface area (Å²) in [4.78, 5) is 12.3. The number of aromatic amines is 1. The van der Waals surface area contributed by atoms with Crippen molar-refractivity contribution in [1.82, 2.24) is 19.5 Å². The summed E-state index contributed by atoms with van der Waals surface area (Å²) in [5.41, 5.74) is 8.99. The third-order valence-corrected chi connectivity index (χ3v) is 3.96. The molecule has 3 N–H and O–H groups in total.